The number of aromatic nitrogens is 2. The number of nitrogens with one attached hydrogen (secondary N) is 1. The van der Waals surface area contributed by atoms with E-state index in [1.807, 2.05) is 12.1 Å². The first kappa shape index (κ1) is 25.8. The fourth-order valence-electron chi connectivity index (χ4n) is 4.39. The first-order valence-corrected chi connectivity index (χ1v) is 14.4. The largest absolute Gasteiger partial charge is 0.302 e. The number of sulfone groups is 1. The SMILES string of the molecule is CCS(=O)(=O)c1ccc(CC(=O)Nc2nc3c(s2)CN([C@@H](C)c2ccc(Cl)cn2)[C@H]3C(C)C)cc1. The van der Waals surface area contributed by atoms with Crippen LogP contribution in [-0.2, 0) is 27.6 Å². The van der Waals surface area contributed by atoms with E-state index in [4.69, 9.17) is 16.6 Å². The number of halogens is 1. The summed E-state index contributed by atoms with van der Waals surface area (Å²) in [5, 5.41) is 4.13. The first-order chi connectivity index (χ1) is 16.6. The number of amides is 1. The van der Waals surface area contributed by atoms with E-state index in [1.54, 1.807) is 37.4 Å². The number of thiazole rings is 1. The summed E-state index contributed by atoms with van der Waals surface area (Å²) in [7, 11) is -3.26. The van der Waals surface area contributed by atoms with Gasteiger partial charge in [-0.2, -0.15) is 0 Å². The molecule has 2 aromatic heterocycles. The van der Waals surface area contributed by atoms with Gasteiger partial charge in [-0.15, -0.1) is 11.3 Å². The van der Waals surface area contributed by atoms with Gasteiger partial charge in [0.2, 0.25) is 5.91 Å². The molecule has 1 aliphatic heterocycles. The Bertz CT molecular complexity index is 1310. The van der Waals surface area contributed by atoms with Crippen molar-refractivity contribution in [1.82, 2.24) is 14.9 Å². The maximum atomic E-state index is 12.7. The molecule has 0 fully saturated rings. The highest BCUT2D eigenvalue weighted by Crippen LogP contribution is 2.46. The van der Waals surface area contributed by atoms with Crippen molar-refractivity contribution in [2.45, 2.75) is 57.6 Å². The Kier molecular flexibility index (Phi) is 7.61. The third kappa shape index (κ3) is 5.58. The molecule has 0 radical (unpaired) electrons. The van der Waals surface area contributed by atoms with Gasteiger partial charge < -0.3 is 5.32 Å². The number of pyridine rings is 1. The van der Waals surface area contributed by atoms with E-state index < -0.39 is 9.84 Å². The number of carbonyl (C=O) groups is 1. The summed E-state index contributed by atoms with van der Waals surface area (Å²) in [6.07, 6.45) is 1.82. The van der Waals surface area contributed by atoms with Gasteiger partial charge >= 0.3 is 0 Å². The van der Waals surface area contributed by atoms with Gasteiger partial charge in [0.1, 0.15) is 0 Å². The average molecular weight is 533 g/mol. The summed E-state index contributed by atoms with van der Waals surface area (Å²) in [5.74, 6) is 0.195. The Balaban J connectivity index is 1.44. The van der Waals surface area contributed by atoms with Crippen LogP contribution in [0.4, 0.5) is 5.13 Å². The van der Waals surface area contributed by atoms with Gasteiger partial charge in [0, 0.05) is 17.6 Å². The van der Waals surface area contributed by atoms with Gasteiger partial charge in [-0.1, -0.05) is 44.5 Å². The third-order valence-electron chi connectivity index (χ3n) is 6.27. The topological polar surface area (TPSA) is 92.3 Å². The Morgan fingerprint density at radius 2 is 1.91 bits per heavy atom. The summed E-state index contributed by atoms with van der Waals surface area (Å²) in [6, 6.07) is 10.5. The molecule has 0 spiro atoms. The lowest BCUT2D eigenvalue weighted by Crippen LogP contribution is -2.29. The molecule has 0 saturated heterocycles. The monoisotopic (exact) mass is 532 g/mol. The number of nitrogens with zero attached hydrogens (tertiary/aromatic N) is 3. The standard InChI is InChI=1S/C25H29ClN4O3S2/c1-5-35(32,33)19-9-6-17(7-10-19)12-22(31)28-25-29-23-21(34-25)14-30(24(23)15(2)3)16(4)20-11-8-18(26)13-27-20/h6-11,13,15-16,24H,5,12,14H2,1-4H3,(H,28,29,31)/t16-,24-/m0/s1. The minimum Gasteiger partial charge on any atom is -0.302 e. The van der Waals surface area contributed by atoms with Crippen LogP contribution in [-0.4, -0.2) is 34.9 Å². The second-order valence-corrected chi connectivity index (χ2v) is 12.8. The van der Waals surface area contributed by atoms with E-state index in [1.165, 1.54) is 11.3 Å². The van der Waals surface area contributed by atoms with Crippen LogP contribution in [0.15, 0.2) is 47.5 Å². The van der Waals surface area contributed by atoms with Crippen LogP contribution in [0.5, 0.6) is 0 Å². The summed E-state index contributed by atoms with van der Waals surface area (Å²) < 4.78 is 24.0. The van der Waals surface area contributed by atoms with Crippen LogP contribution < -0.4 is 5.32 Å². The molecular weight excluding hydrogens is 504 g/mol. The van der Waals surface area contributed by atoms with E-state index in [-0.39, 0.29) is 35.1 Å². The number of benzene rings is 1. The van der Waals surface area contributed by atoms with E-state index in [9.17, 15) is 13.2 Å². The highest BCUT2D eigenvalue weighted by molar-refractivity contribution is 7.91. The molecule has 3 aromatic rings. The summed E-state index contributed by atoms with van der Waals surface area (Å²) in [5.41, 5.74) is 2.72. The van der Waals surface area contributed by atoms with Crippen molar-refractivity contribution in [3.05, 3.63) is 69.4 Å². The molecule has 1 amide bonds. The maximum absolute atomic E-state index is 12.7. The van der Waals surface area contributed by atoms with Gasteiger partial charge in [-0.05, 0) is 42.7 Å². The van der Waals surface area contributed by atoms with Crippen molar-refractivity contribution in [2.75, 3.05) is 11.1 Å². The molecule has 2 atom stereocenters. The van der Waals surface area contributed by atoms with E-state index in [0.717, 1.165) is 28.4 Å². The number of fused-ring (bicyclic) bond motifs is 1. The molecule has 1 N–H and O–H groups in total. The van der Waals surface area contributed by atoms with Crippen LogP contribution in [0.2, 0.25) is 5.02 Å². The van der Waals surface area contributed by atoms with Crippen molar-refractivity contribution in [1.29, 1.82) is 0 Å². The molecule has 3 heterocycles. The normalized spacial score (nSPS) is 16.9. The van der Waals surface area contributed by atoms with Crippen molar-refractivity contribution < 1.29 is 13.2 Å². The fraction of sp³-hybridized carbons (Fsp3) is 0.400. The van der Waals surface area contributed by atoms with Crippen LogP contribution in [0.1, 0.15) is 61.6 Å². The van der Waals surface area contributed by atoms with Gasteiger partial charge in [-0.3, -0.25) is 14.7 Å². The zero-order chi connectivity index (χ0) is 25.3. The number of anilines is 1. The van der Waals surface area contributed by atoms with Crippen LogP contribution in [0.25, 0.3) is 0 Å². The fourth-order valence-corrected chi connectivity index (χ4v) is 6.42. The number of carbonyl (C=O) groups excluding carboxylic acids is 1. The number of rotatable bonds is 8. The second-order valence-electron chi connectivity index (χ2n) is 9.04. The molecular formula is C25H29ClN4O3S2. The molecule has 7 nitrogen and oxygen atoms in total. The Hall–Kier alpha value is -2.33. The maximum Gasteiger partial charge on any atom is 0.230 e. The van der Waals surface area contributed by atoms with E-state index in [0.29, 0.717) is 16.1 Å². The molecule has 0 aliphatic carbocycles. The smallest absolute Gasteiger partial charge is 0.230 e. The highest BCUT2D eigenvalue weighted by atomic mass is 35.5. The van der Waals surface area contributed by atoms with Crippen LogP contribution in [0.3, 0.4) is 0 Å². The zero-order valence-corrected chi connectivity index (χ0v) is 22.5. The molecule has 4 rings (SSSR count). The summed E-state index contributed by atoms with van der Waals surface area (Å²) in [4.78, 5) is 25.8. The van der Waals surface area contributed by atoms with Gasteiger partial charge in [0.05, 0.1) is 45.6 Å². The van der Waals surface area contributed by atoms with Crippen molar-refractivity contribution in [3.8, 4) is 0 Å². The molecule has 10 heteroatoms. The second kappa shape index (κ2) is 10.3. The predicted molar refractivity (Wildman–Crippen MR) is 139 cm³/mol. The summed E-state index contributed by atoms with van der Waals surface area (Å²) >= 11 is 7.51. The summed E-state index contributed by atoms with van der Waals surface area (Å²) in [6.45, 7) is 8.84. The minimum atomic E-state index is -3.26. The van der Waals surface area contributed by atoms with Crippen molar-refractivity contribution >= 4 is 43.8 Å². The van der Waals surface area contributed by atoms with Crippen molar-refractivity contribution in [2.24, 2.45) is 5.92 Å². The lowest BCUT2D eigenvalue weighted by molar-refractivity contribution is -0.115. The van der Waals surface area contributed by atoms with Crippen LogP contribution >= 0.6 is 22.9 Å². The number of hydrogen-bond donors (Lipinski definition) is 1. The highest BCUT2D eigenvalue weighted by Gasteiger charge is 2.39. The van der Waals surface area contributed by atoms with E-state index >= 15 is 0 Å². The lowest BCUT2D eigenvalue weighted by Gasteiger charge is -2.32. The lowest BCUT2D eigenvalue weighted by atomic mass is 10.00. The zero-order valence-electron chi connectivity index (χ0n) is 20.2. The van der Waals surface area contributed by atoms with Gasteiger partial charge in [0.25, 0.3) is 0 Å². The van der Waals surface area contributed by atoms with Gasteiger partial charge in [-0.25, -0.2) is 13.4 Å². The Labute approximate surface area is 215 Å². The van der Waals surface area contributed by atoms with Crippen molar-refractivity contribution in [3.63, 3.8) is 0 Å². The van der Waals surface area contributed by atoms with Crippen LogP contribution in [0, 0.1) is 5.92 Å². The minimum absolute atomic E-state index is 0.0470. The van der Waals surface area contributed by atoms with E-state index in [2.05, 4.69) is 36.0 Å². The Morgan fingerprint density at radius 3 is 2.51 bits per heavy atom. The molecule has 186 valence electrons. The molecule has 1 aromatic carbocycles. The Morgan fingerprint density at radius 1 is 1.20 bits per heavy atom. The predicted octanol–water partition coefficient (Wildman–Crippen LogP) is 5.44. The molecule has 0 saturated carbocycles. The number of hydrogen-bond acceptors (Lipinski definition) is 7. The third-order valence-corrected chi connectivity index (χ3v) is 9.22. The first-order valence-electron chi connectivity index (χ1n) is 11.6. The molecule has 0 unspecified atom stereocenters. The van der Waals surface area contributed by atoms with Gasteiger partial charge in [0.15, 0.2) is 15.0 Å². The molecule has 0 bridgehead atoms. The molecule has 35 heavy (non-hydrogen) atoms. The average Bonchev–Trinajstić information content (AvgIpc) is 3.36. The quantitative estimate of drug-likeness (QED) is 0.415. The molecule has 1 aliphatic rings.